The summed E-state index contributed by atoms with van der Waals surface area (Å²) < 4.78 is 0.645. The van der Waals surface area contributed by atoms with E-state index >= 15 is 0 Å². The molecule has 0 aliphatic rings. The van der Waals surface area contributed by atoms with Crippen LogP contribution >= 0.6 is 22.9 Å². The molecule has 1 amide bonds. The molecule has 1 heterocycles. The Balaban J connectivity index is 2.48. The standard InChI is InChI=1S/C14H22ClNO2S/c1-4-5-10(9(2)3)14(18)16-8-11(17)12-6-7-13(15)19-12/h6-7,9-11,17H,4-5,8H2,1-3H3,(H,16,18). The summed E-state index contributed by atoms with van der Waals surface area (Å²) in [5, 5.41) is 12.8. The SMILES string of the molecule is CCCC(C(=O)NCC(O)c1ccc(Cl)s1)C(C)C. The topological polar surface area (TPSA) is 49.3 Å². The van der Waals surface area contributed by atoms with Crippen molar-refractivity contribution >= 4 is 28.8 Å². The molecule has 0 spiro atoms. The van der Waals surface area contributed by atoms with Gasteiger partial charge in [0.15, 0.2) is 0 Å². The predicted molar refractivity (Wildman–Crippen MR) is 80.5 cm³/mol. The Morgan fingerprint density at radius 1 is 1.47 bits per heavy atom. The van der Waals surface area contributed by atoms with Crippen LogP contribution in [0.4, 0.5) is 0 Å². The van der Waals surface area contributed by atoms with E-state index in [2.05, 4.69) is 26.1 Å². The van der Waals surface area contributed by atoms with Gasteiger partial charge in [-0.1, -0.05) is 38.8 Å². The molecule has 2 unspecified atom stereocenters. The van der Waals surface area contributed by atoms with Crippen LogP contribution in [0.15, 0.2) is 12.1 Å². The lowest BCUT2D eigenvalue weighted by atomic mass is 9.90. The van der Waals surface area contributed by atoms with E-state index in [4.69, 9.17) is 11.6 Å². The number of carbonyl (C=O) groups is 1. The monoisotopic (exact) mass is 303 g/mol. The Labute approximate surface area is 124 Å². The van der Waals surface area contributed by atoms with Gasteiger partial charge in [-0.2, -0.15) is 0 Å². The number of hydrogen-bond acceptors (Lipinski definition) is 3. The Hall–Kier alpha value is -0.580. The smallest absolute Gasteiger partial charge is 0.223 e. The normalized spacial score (nSPS) is 14.4. The highest BCUT2D eigenvalue weighted by atomic mass is 35.5. The molecule has 2 N–H and O–H groups in total. The van der Waals surface area contributed by atoms with Gasteiger partial charge < -0.3 is 10.4 Å². The van der Waals surface area contributed by atoms with E-state index in [-0.39, 0.29) is 18.4 Å². The van der Waals surface area contributed by atoms with Crippen molar-refractivity contribution in [3.8, 4) is 0 Å². The van der Waals surface area contributed by atoms with Crippen molar-refractivity contribution in [1.82, 2.24) is 5.32 Å². The highest BCUT2D eigenvalue weighted by Gasteiger charge is 2.22. The first-order valence-electron chi connectivity index (χ1n) is 6.66. The van der Waals surface area contributed by atoms with Gasteiger partial charge in [-0.15, -0.1) is 11.3 Å². The molecule has 1 aromatic heterocycles. The largest absolute Gasteiger partial charge is 0.386 e. The number of hydrogen-bond donors (Lipinski definition) is 2. The number of carbonyl (C=O) groups excluding carboxylic acids is 1. The number of rotatable bonds is 7. The molecule has 19 heavy (non-hydrogen) atoms. The van der Waals surface area contributed by atoms with Gasteiger partial charge in [-0.25, -0.2) is 0 Å². The molecular formula is C14H22ClNO2S. The molecule has 0 aliphatic heterocycles. The van der Waals surface area contributed by atoms with Gasteiger partial charge in [-0.05, 0) is 24.5 Å². The van der Waals surface area contributed by atoms with E-state index in [1.54, 1.807) is 12.1 Å². The number of amides is 1. The molecule has 1 rings (SSSR count). The molecule has 0 bridgehead atoms. The van der Waals surface area contributed by atoms with Gasteiger partial charge in [-0.3, -0.25) is 4.79 Å². The van der Waals surface area contributed by atoms with Crippen molar-refractivity contribution in [3.05, 3.63) is 21.3 Å². The number of nitrogens with one attached hydrogen (secondary N) is 1. The van der Waals surface area contributed by atoms with Gasteiger partial charge in [0.05, 0.1) is 4.34 Å². The van der Waals surface area contributed by atoms with Crippen molar-refractivity contribution in [1.29, 1.82) is 0 Å². The Morgan fingerprint density at radius 2 is 2.16 bits per heavy atom. The van der Waals surface area contributed by atoms with Crippen LogP contribution in [0.3, 0.4) is 0 Å². The lowest BCUT2D eigenvalue weighted by Gasteiger charge is -2.20. The Kier molecular flexibility index (Phi) is 6.83. The number of thiophene rings is 1. The fourth-order valence-corrected chi connectivity index (χ4v) is 3.06. The van der Waals surface area contributed by atoms with Crippen LogP contribution in [0, 0.1) is 11.8 Å². The molecule has 108 valence electrons. The second kappa shape index (κ2) is 7.88. The van der Waals surface area contributed by atoms with Crippen LogP contribution in [0.2, 0.25) is 4.34 Å². The van der Waals surface area contributed by atoms with E-state index in [9.17, 15) is 9.90 Å². The van der Waals surface area contributed by atoms with Crippen LogP contribution < -0.4 is 5.32 Å². The van der Waals surface area contributed by atoms with E-state index in [1.165, 1.54) is 11.3 Å². The summed E-state index contributed by atoms with van der Waals surface area (Å²) in [6.45, 7) is 6.42. The second-order valence-electron chi connectivity index (χ2n) is 5.04. The zero-order valence-corrected chi connectivity index (χ0v) is 13.2. The van der Waals surface area contributed by atoms with Crippen LogP contribution in [-0.4, -0.2) is 17.6 Å². The minimum atomic E-state index is -0.684. The summed E-state index contributed by atoms with van der Waals surface area (Å²) in [7, 11) is 0. The summed E-state index contributed by atoms with van der Waals surface area (Å²) in [6.07, 6.45) is 1.18. The van der Waals surface area contributed by atoms with Crippen LogP contribution in [0.1, 0.15) is 44.6 Å². The molecule has 3 nitrogen and oxygen atoms in total. The van der Waals surface area contributed by atoms with E-state index in [0.29, 0.717) is 10.3 Å². The number of halogens is 1. The third-order valence-electron chi connectivity index (χ3n) is 3.13. The summed E-state index contributed by atoms with van der Waals surface area (Å²) in [5.74, 6) is 0.357. The summed E-state index contributed by atoms with van der Waals surface area (Å²) in [6, 6.07) is 3.54. The van der Waals surface area contributed by atoms with Gasteiger partial charge in [0.2, 0.25) is 5.91 Å². The maximum atomic E-state index is 12.1. The quantitative estimate of drug-likeness (QED) is 0.808. The molecule has 0 saturated carbocycles. The zero-order valence-electron chi connectivity index (χ0n) is 11.6. The minimum absolute atomic E-state index is 0.0177. The molecular weight excluding hydrogens is 282 g/mol. The minimum Gasteiger partial charge on any atom is -0.386 e. The highest BCUT2D eigenvalue weighted by Crippen LogP contribution is 2.26. The maximum Gasteiger partial charge on any atom is 0.223 e. The molecule has 5 heteroatoms. The van der Waals surface area contributed by atoms with Crippen molar-refractivity contribution in [2.24, 2.45) is 11.8 Å². The third kappa shape index (κ3) is 5.13. The van der Waals surface area contributed by atoms with E-state index in [0.717, 1.165) is 17.7 Å². The molecule has 0 saturated heterocycles. The molecule has 0 radical (unpaired) electrons. The molecule has 0 aliphatic carbocycles. The highest BCUT2D eigenvalue weighted by molar-refractivity contribution is 7.16. The summed E-state index contributed by atoms with van der Waals surface area (Å²) in [4.78, 5) is 12.9. The van der Waals surface area contributed by atoms with Gasteiger partial charge in [0.25, 0.3) is 0 Å². The first kappa shape index (κ1) is 16.5. The number of aliphatic hydroxyl groups is 1. The van der Waals surface area contributed by atoms with Gasteiger partial charge in [0, 0.05) is 17.3 Å². The summed E-state index contributed by atoms with van der Waals surface area (Å²) >= 11 is 7.16. The fraction of sp³-hybridized carbons (Fsp3) is 0.643. The van der Waals surface area contributed by atoms with Gasteiger partial charge >= 0.3 is 0 Å². The second-order valence-corrected chi connectivity index (χ2v) is 6.79. The summed E-state index contributed by atoms with van der Waals surface area (Å²) in [5.41, 5.74) is 0. The molecule has 1 aromatic rings. The molecule has 0 fully saturated rings. The molecule has 2 atom stereocenters. The van der Waals surface area contributed by atoms with E-state index < -0.39 is 6.10 Å². The van der Waals surface area contributed by atoms with Crippen molar-refractivity contribution in [3.63, 3.8) is 0 Å². The lowest BCUT2D eigenvalue weighted by Crippen LogP contribution is -2.36. The first-order chi connectivity index (χ1) is 8.95. The average Bonchev–Trinajstić information content (AvgIpc) is 2.79. The number of aliphatic hydroxyl groups excluding tert-OH is 1. The Bertz CT molecular complexity index is 406. The third-order valence-corrected chi connectivity index (χ3v) is 4.47. The van der Waals surface area contributed by atoms with Crippen LogP contribution in [0.25, 0.3) is 0 Å². The zero-order chi connectivity index (χ0) is 14.4. The lowest BCUT2D eigenvalue weighted by molar-refractivity contribution is -0.127. The molecule has 0 aromatic carbocycles. The van der Waals surface area contributed by atoms with E-state index in [1.807, 2.05) is 0 Å². The Morgan fingerprint density at radius 3 is 2.63 bits per heavy atom. The van der Waals surface area contributed by atoms with Crippen LogP contribution in [0.5, 0.6) is 0 Å². The first-order valence-corrected chi connectivity index (χ1v) is 7.86. The maximum absolute atomic E-state index is 12.1. The predicted octanol–water partition coefficient (Wildman–Crippen LogP) is 3.62. The van der Waals surface area contributed by atoms with Crippen molar-refractivity contribution in [2.75, 3.05) is 6.54 Å². The average molecular weight is 304 g/mol. The van der Waals surface area contributed by atoms with Crippen molar-refractivity contribution < 1.29 is 9.90 Å². The fourth-order valence-electron chi connectivity index (χ4n) is 2.01. The van der Waals surface area contributed by atoms with Crippen molar-refractivity contribution in [2.45, 2.75) is 39.7 Å². The van der Waals surface area contributed by atoms with Crippen LogP contribution in [-0.2, 0) is 4.79 Å². The van der Waals surface area contributed by atoms with Gasteiger partial charge in [0.1, 0.15) is 6.10 Å².